The summed E-state index contributed by atoms with van der Waals surface area (Å²) in [6.07, 6.45) is 7.35. The molecule has 0 unspecified atom stereocenters. The number of likely N-dealkylation sites (N-methyl/N-ethyl adjacent to an activating group) is 1. The van der Waals surface area contributed by atoms with Gasteiger partial charge in [-0.1, -0.05) is 5.92 Å². The topological polar surface area (TPSA) is 74.2 Å². The number of nitrogens with zero attached hydrogens (tertiary/aromatic N) is 5. The van der Waals surface area contributed by atoms with Crippen LogP contribution in [-0.2, 0) is 4.79 Å². The number of nitrogens with one attached hydrogen (secondary N) is 1. The van der Waals surface area contributed by atoms with Crippen LogP contribution in [0.2, 0.25) is 0 Å². The molecule has 2 aliphatic rings. The number of piperazine rings is 1. The Morgan fingerprint density at radius 1 is 1.00 bits per heavy atom. The first-order chi connectivity index (χ1) is 15.6. The van der Waals surface area contributed by atoms with Crippen molar-refractivity contribution in [3.05, 3.63) is 53.7 Å². The van der Waals surface area contributed by atoms with Crippen LogP contribution in [0.5, 0.6) is 0 Å². The minimum absolute atomic E-state index is 0.0416. The van der Waals surface area contributed by atoms with Gasteiger partial charge in [-0.3, -0.25) is 9.78 Å². The van der Waals surface area contributed by atoms with Crippen molar-refractivity contribution in [2.75, 3.05) is 43.4 Å². The van der Waals surface area contributed by atoms with Crippen LogP contribution in [-0.4, -0.2) is 59.0 Å². The quantitative estimate of drug-likeness (QED) is 0.650. The van der Waals surface area contributed by atoms with Gasteiger partial charge in [0.05, 0.1) is 17.4 Å². The first-order valence-electron chi connectivity index (χ1n) is 11.0. The Morgan fingerprint density at radius 2 is 1.81 bits per heavy atom. The second kappa shape index (κ2) is 8.56. The summed E-state index contributed by atoms with van der Waals surface area (Å²) < 4.78 is 0. The Kier molecular flexibility index (Phi) is 5.46. The second-order valence-electron chi connectivity index (χ2n) is 8.58. The number of carbonyl (C=O) groups is 1. The number of carbonyl (C=O) groups excluding carboxylic acids is 1. The van der Waals surface area contributed by atoms with Crippen molar-refractivity contribution in [2.45, 2.75) is 19.8 Å². The maximum Gasteiger partial charge on any atom is 0.228 e. The van der Waals surface area contributed by atoms with E-state index in [0.717, 1.165) is 66.7 Å². The van der Waals surface area contributed by atoms with Gasteiger partial charge in [-0.05, 0) is 50.9 Å². The molecule has 7 nitrogen and oxygen atoms in total. The average molecular weight is 427 g/mol. The van der Waals surface area contributed by atoms with E-state index in [9.17, 15) is 4.79 Å². The van der Waals surface area contributed by atoms with Crippen molar-refractivity contribution < 1.29 is 4.79 Å². The smallest absolute Gasteiger partial charge is 0.228 e. The summed E-state index contributed by atoms with van der Waals surface area (Å²) in [6.45, 7) is 6.10. The number of fused-ring (bicyclic) bond motifs is 1. The molecule has 3 aromatic heterocycles. The lowest BCUT2D eigenvalue weighted by Crippen LogP contribution is -2.44. The predicted molar refractivity (Wildman–Crippen MR) is 126 cm³/mol. The van der Waals surface area contributed by atoms with Crippen molar-refractivity contribution >= 4 is 28.2 Å². The highest BCUT2D eigenvalue weighted by molar-refractivity contribution is 5.96. The van der Waals surface area contributed by atoms with Crippen molar-refractivity contribution in [1.82, 2.24) is 19.9 Å². The van der Waals surface area contributed by atoms with Gasteiger partial charge >= 0.3 is 0 Å². The summed E-state index contributed by atoms with van der Waals surface area (Å²) >= 11 is 0. The fourth-order valence-electron chi connectivity index (χ4n) is 3.85. The zero-order valence-corrected chi connectivity index (χ0v) is 18.4. The van der Waals surface area contributed by atoms with E-state index in [1.807, 2.05) is 25.3 Å². The van der Waals surface area contributed by atoms with Gasteiger partial charge in [0.1, 0.15) is 11.5 Å². The summed E-state index contributed by atoms with van der Waals surface area (Å²) in [7, 11) is 2.15. The zero-order chi connectivity index (χ0) is 22.1. The van der Waals surface area contributed by atoms with Crippen LogP contribution in [0.15, 0.2) is 36.8 Å². The molecule has 4 heterocycles. The largest absolute Gasteiger partial charge is 0.368 e. The molecule has 5 rings (SSSR count). The first-order valence-corrected chi connectivity index (χ1v) is 11.0. The lowest BCUT2D eigenvalue weighted by atomic mass is 10.1. The second-order valence-corrected chi connectivity index (χ2v) is 8.58. The highest BCUT2D eigenvalue weighted by atomic mass is 16.2. The summed E-state index contributed by atoms with van der Waals surface area (Å²) in [5.74, 6) is 7.10. The Morgan fingerprint density at radius 3 is 2.53 bits per heavy atom. The van der Waals surface area contributed by atoms with Crippen molar-refractivity contribution in [2.24, 2.45) is 5.92 Å². The zero-order valence-electron chi connectivity index (χ0n) is 18.4. The van der Waals surface area contributed by atoms with Crippen LogP contribution in [0.25, 0.3) is 10.8 Å². The summed E-state index contributed by atoms with van der Waals surface area (Å²) in [4.78, 5) is 30.2. The Bertz CT molecular complexity index is 1210. The van der Waals surface area contributed by atoms with Crippen molar-refractivity contribution in [1.29, 1.82) is 0 Å². The lowest BCUT2D eigenvalue weighted by Gasteiger charge is -2.33. The van der Waals surface area contributed by atoms with E-state index in [0.29, 0.717) is 11.5 Å². The molecular formula is C25H26N6O. The predicted octanol–water partition coefficient (Wildman–Crippen LogP) is 2.83. The van der Waals surface area contributed by atoms with Gasteiger partial charge in [0, 0.05) is 61.0 Å². The number of amides is 1. The third-order valence-electron chi connectivity index (χ3n) is 6.11. The fraction of sp³-hybridized carbons (Fsp3) is 0.360. The van der Waals surface area contributed by atoms with Crippen LogP contribution in [0, 0.1) is 24.7 Å². The Hall–Kier alpha value is -3.50. The van der Waals surface area contributed by atoms with Crippen molar-refractivity contribution in [3.8, 4) is 11.8 Å². The highest BCUT2D eigenvalue weighted by Gasteiger charge is 2.29. The number of pyridine rings is 3. The summed E-state index contributed by atoms with van der Waals surface area (Å²) in [6, 6.07) is 5.94. The molecule has 0 spiro atoms. The molecule has 1 saturated heterocycles. The number of hydrogen-bond acceptors (Lipinski definition) is 6. The van der Waals surface area contributed by atoms with Crippen molar-refractivity contribution in [3.63, 3.8) is 0 Å². The monoisotopic (exact) mass is 426 g/mol. The number of rotatable bonds is 3. The normalized spacial score (nSPS) is 16.5. The molecule has 3 aromatic rings. The van der Waals surface area contributed by atoms with E-state index in [1.165, 1.54) is 0 Å². The van der Waals surface area contributed by atoms with Gasteiger partial charge in [0.2, 0.25) is 5.91 Å². The molecule has 162 valence electrons. The maximum absolute atomic E-state index is 12.1. The standard InChI is InChI=1S/C25H26N6O/c1-17-23-16-28-24(29-25(32)18-3-4-18)13-22(23)19(14-26-17)5-6-20-7-8-21(15-27-20)31-11-9-30(2)10-12-31/h7-8,13-16,18H,3-4,9-12H2,1-2H3,(H,28,29,32). The molecule has 1 saturated carbocycles. The van der Waals surface area contributed by atoms with Crippen LogP contribution in [0.3, 0.4) is 0 Å². The van der Waals surface area contributed by atoms with Gasteiger partial charge in [-0.25, -0.2) is 9.97 Å². The third-order valence-corrected chi connectivity index (χ3v) is 6.11. The maximum atomic E-state index is 12.1. The Labute approximate surface area is 187 Å². The van der Waals surface area contributed by atoms with E-state index in [2.05, 4.69) is 55.0 Å². The molecular weight excluding hydrogens is 400 g/mol. The van der Waals surface area contributed by atoms with E-state index < -0.39 is 0 Å². The molecule has 0 bridgehead atoms. The van der Waals surface area contributed by atoms with E-state index >= 15 is 0 Å². The molecule has 1 amide bonds. The van der Waals surface area contributed by atoms with Crippen LogP contribution >= 0.6 is 0 Å². The minimum Gasteiger partial charge on any atom is -0.368 e. The van der Waals surface area contributed by atoms with Crippen LogP contribution < -0.4 is 10.2 Å². The molecule has 0 aromatic carbocycles. The van der Waals surface area contributed by atoms with E-state index in [4.69, 9.17) is 0 Å². The molecule has 2 fully saturated rings. The Balaban J connectivity index is 1.39. The number of anilines is 2. The van der Waals surface area contributed by atoms with Gasteiger partial charge in [0.25, 0.3) is 0 Å². The SMILES string of the molecule is Cc1ncc(C#Cc2ccc(N3CCN(C)CC3)cn2)c2cc(NC(=O)C3CC3)ncc12. The molecule has 7 heteroatoms. The minimum atomic E-state index is 0.0416. The van der Waals surface area contributed by atoms with Crippen LogP contribution in [0.1, 0.15) is 29.8 Å². The van der Waals surface area contributed by atoms with E-state index in [-0.39, 0.29) is 11.8 Å². The summed E-state index contributed by atoms with van der Waals surface area (Å²) in [5.41, 5.74) is 3.52. The van der Waals surface area contributed by atoms with E-state index in [1.54, 1.807) is 12.4 Å². The molecule has 32 heavy (non-hydrogen) atoms. The molecule has 0 atom stereocenters. The first kappa shape index (κ1) is 20.4. The van der Waals surface area contributed by atoms with Gasteiger partial charge in [0.15, 0.2) is 0 Å². The molecule has 1 aliphatic heterocycles. The molecule has 1 aliphatic carbocycles. The van der Waals surface area contributed by atoms with Gasteiger partial charge in [-0.15, -0.1) is 0 Å². The van der Waals surface area contributed by atoms with Crippen LogP contribution in [0.4, 0.5) is 11.5 Å². The summed E-state index contributed by atoms with van der Waals surface area (Å²) in [5, 5.41) is 4.78. The fourth-order valence-corrected chi connectivity index (χ4v) is 3.85. The number of aryl methyl sites for hydroxylation is 1. The van der Waals surface area contributed by atoms with Gasteiger partial charge < -0.3 is 15.1 Å². The lowest BCUT2D eigenvalue weighted by molar-refractivity contribution is -0.117. The number of aromatic nitrogens is 3. The molecule has 1 N–H and O–H groups in total. The van der Waals surface area contributed by atoms with Gasteiger partial charge in [-0.2, -0.15) is 0 Å². The third kappa shape index (κ3) is 4.41. The average Bonchev–Trinajstić information content (AvgIpc) is 3.65. The highest BCUT2D eigenvalue weighted by Crippen LogP contribution is 2.30. The molecule has 0 radical (unpaired) electrons. The number of hydrogen-bond donors (Lipinski definition) is 1.